The van der Waals surface area contributed by atoms with Crippen molar-refractivity contribution in [3.8, 4) is 28.0 Å². The molecule has 8 nitrogen and oxygen atoms in total. The van der Waals surface area contributed by atoms with Gasteiger partial charge < -0.3 is 15.8 Å². The SMILES string of the molecule is CC1COc2cc(-c3cc(-c4ccc(S(=O)(=O)NCC5CC5)cc4)cnc3N)ccc2C(=O)N1. The lowest BCUT2D eigenvalue weighted by atomic mass is 9.99. The topological polar surface area (TPSA) is 123 Å². The van der Waals surface area contributed by atoms with E-state index in [2.05, 4.69) is 15.0 Å². The van der Waals surface area contributed by atoms with Crippen LogP contribution in [0.1, 0.15) is 30.1 Å². The Morgan fingerprint density at radius 1 is 1.06 bits per heavy atom. The van der Waals surface area contributed by atoms with Gasteiger partial charge in [0.05, 0.1) is 16.5 Å². The van der Waals surface area contributed by atoms with Gasteiger partial charge in [-0.05, 0) is 67.1 Å². The third kappa shape index (κ3) is 4.62. The molecule has 2 aliphatic rings. The van der Waals surface area contributed by atoms with Gasteiger partial charge in [-0.1, -0.05) is 18.2 Å². The van der Waals surface area contributed by atoms with Crippen LogP contribution in [0.3, 0.4) is 0 Å². The third-order valence-electron chi connectivity index (χ3n) is 6.08. The number of anilines is 1. The number of fused-ring (bicyclic) bond motifs is 1. The summed E-state index contributed by atoms with van der Waals surface area (Å²) in [6.45, 7) is 2.75. The second-order valence-corrected chi connectivity index (χ2v) is 10.6. The second kappa shape index (κ2) is 8.73. The van der Waals surface area contributed by atoms with Crippen LogP contribution in [0.2, 0.25) is 0 Å². The molecule has 4 N–H and O–H groups in total. The molecule has 0 radical (unpaired) electrons. The third-order valence-corrected chi connectivity index (χ3v) is 7.52. The summed E-state index contributed by atoms with van der Waals surface area (Å²) in [5.74, 6) is 1.13. The van der Waals surface area contributed by atoms with Crippen molar-refractivity contribution >= 4 is 21.7 Å². The molecule has 5 rings (SSSR count). The second-order valence-electron chi connectivity index (χ2n) is 8.87. The Balaban J connectivity index is 1.43. The molecule has 1 fully saturated rings. The Morgan fingerprint density at radius 3 is 2.53 bits per heavy atom. The van der Waals surface area contributed by atoms with Crippen molar-refractivity contribution in [1.82, 2.24) is 15.0 Å². The molecule has 1 aromatic heterocycles. The summed E-state index contributed by atoms with van der Waals surface area (Å²) < 4.78 is 33.5. The average Bonchev–Trinajstić information content (AvgIpc) is 3.67. The summed E-state index contributed by atoms with van der Waals surface area (Å²) in [5, 5.41) is 2.88. The molecule has 1 atom stereocenters. The smallest absolute Gasteiger partial charge is 0.255 e. The quantitative estimate of drug-likeness (QED) is 0.500. The number of hydrogen-bond acceptors (Lipinski definition) is 6. The lowest BCUT2D eigenvalue weighted by Gasteiger charge is -2.12. The highest BCUT2D eigenvalue weighted by molar-refractivity contribution is 7.89. The largest absolute Gasteiger partial charge is 0.491 e. The minimum atomic E-state index is -3.52. The van der Waals surface area contributed by atoms with Gasteiger partial charge in [0.15, 0.2) is 0 Å². The van der Waals surface area contributed by atoms with E-state index in [4.69, 9.17) is 10.5 Å². The Kier molecular flexibility index (Phi) is 5.75. The first-order chi connectivity index (χ1) is 16.3. The molecule has 9 heteroatoms. The molecule has 1 aliphatic heterocycles. The zero-order chi connectivity index (χ0) is 23.9. The van der Waals surface area contributed by atoms with Crippen molar-refractivity contribution < 1.29 is 17.9 Å². The van der Waals surface area contributed by atoms with E-state index in [9.17, 15) is 13.2 Å². The maximum absolute atomic E-state index is 12.5. The zero-order valence-corrected chi connectivity index (χ0v) is 19.6. The standard InChI is InChI=1S/C25H26N4O4S/c1-15-14-33-23-11-18(6-9-21(23)25(30)29-15)22-10-19(13-27-24(22)26)17-4-7-20(8-5-17)34(31,32)28-12-16-2-3-16/h4-11,13,15-16,28H,2-3,12,14H2,1H3,(H2,26,27)(H,29,30). The fourth-order valence-electron chi connectivity index (χ4n) is 3.88. The van der Waals surface area contributed by atoms with Gasteiger partial charge in [-0.3, -0.25) is 4.79 Å². The summed E-state index contributed by atoms with van der Waals surface area (Å²) in [5.41, 5.74) is 9.74. The van der Waals surface area contributed by atoms with Crippen LogP contribution in [0.15, 0.2) is 59.6 Å². The number of carbonyl (C=O) groups is 1. The highest BCUT2D eigenvalue weighted by atomic mass is 32.2. The fraction of sp³-hybridized carbons (Fsp3) is 0.280. The maximum atomic E-state index is 12.5. The number of benzene rings is 2. The number of nitrogens with one attached hydrogen (secondary N) is 2. The molecule has 2 heterocycles. The number of pyridine rings is 1. The van der Waals surface area contributed by atoms with Gasteiger partial charge in [-0.25, -0.2) is 18.1 Å². The van der Waals surface area contributed by atoms with Crippen LogP contribution in [0.5, 0.6) is 5.75 Å². The summed E-state index contributed by atoms with van der Waals surface area (Å²) in [6.07, 6.45) is 3.82. The lowest BCUT2D eigenvalue weighted by molar-refractivity contribution is 0.0942. The molecule has 0 bridgehead atoms. The molecule has 1 amide bonds. The van der Waals surface area contributed by atoms with Crippen molar-refractivity contribution in [3.05, 3.63) is 60.3 Å². The molecule has 0 spiro atoms. The predicted molar refractivity (Wildman–Crippen MR) is 130 cm³/mol. The van der Waals surface area contributed by atoms with Crippen LogP contribution in [0.25, 0.3) is 22.3 Å². The van der Waals surface area contributed by atoms with Crippen molar-refractivity contribution in [3.63, 3.8) is 0 Å². The first-order valence-electron chi connectivity index (χ1n) is 11.2. The number of ether oxygens (including phenoxy) is 1. The normalized spacial score (nSPS) is 17.9. The Morgan fingerprint density at radius 2 is 1.79 bits per heavy atom. The van der Waals surface area contributed by atoms with E-state index in [0.29, 0.717) is 41.8 Å². The Bertz CT molecular complexity index is 1350. The van der Waals surface area contributed by atoms with Crippen LogP contribution in [0.4, 0.5) is 5.82 Å². The van der Waals surface area contributed by atoms with E-state index in [1.54, 1.807) is 42.6 Å². The van der Waals surface area contributed by atoms with E-state index in [1.165, 1.54) is 0 Å². The lowest BCUT2D eigenvalue weighted by Crippen LogP contribution is -2.33. The monoisotopic (exact) mass is 478 g/mol. The molecule has 2 aromatic carbocycles. The van der Waals surface area contributed by atoms with E-state index >= 15 is 0 Å². The molecule has 34 heavy (non-hydrogen) atoms. The molecule has 1 saturated carbocycles. The molecule has 0 saturated heterocycles. The predicted octanol–water partition coefficient (Wildman–Crippen LogP) is 3.20. The van der Waals surface area contributed by atoms with Gasteiger partial charge in [0, 0.05) is 23.9 Å². The number of hydrogen-bond donors (Lipinski definition) is 3. The summed E-state index contributed by atoms with van der Waals surface area (Å²) >= 11 is 0. The first-order valence-corrected chi connectivity index (χ1v) is 12.7. The van der Waals surface area contributed by atoms with Crippen molar-refractivity contribution in [2.45, 2.75) is 30.7 Å². The molecule has 1 aliphatic carbocycles. The Labute approximate surface area is 198 Å². The van der Waals surface area contributed by atoms with Crippen LogP contribution in [-0.2, 0) is 10.0 Å². The van der Waals surface area contributed by atoms with Crippen LogP contribution in [0, 0.1) is 5.92 Å². The van der Waals surface area contributed by atoms with Crippen molar-refractivity contribution in [2.75, 3.05) is 18.9 Å². The summed E-state index contributed by atoms with van der Waals surface area (Å²) in [6, 6.07) is 13.9. The van der Waals surface area contributed by atoms with Gasteiger partial charge >= 0.3 is 0 Å². The highest BCUT2D eigenvalue weighted by Gasteiger charge is 2.24. The number of rotatable bonds is 6. The summed E-state index contributed by atoms with van der Waals surface area (Å²) in [7, 11) is -3.52. The molecule has 176 valence electrons. The zero-order valence-electron chi connectivity index (χ0n) is 18.7. The number of nitrogens with two attached hydrogens (primary N) is 1. The van der Waals surface area contributed by atoms with Gasteiger partial charge in [0.25, 0.3) is 5.91 Å². The van der Waals surface area contributed by atoms with E-state index in [-0.39, 0.29) is 16.8 Å². The van der Waals surface area contributed by atoms with Crippen molar-refractivity contribution in [2.24, 2.45) is 5.92 Å². The molecule has 3 aromatic rings. The molecular weight excluding hydrogens is 452 g/mol. The van der Waals surface area contributed by atoms with E-state index in [0.717, 1.165) is 29.5 Å². The minimum absolute atomic E-state index is 0.0888. The number of aromatic nitrogens is 1. The van der Waals surface area contributed by atoms with Gasteiger partial charge in [0.1, 0.15) is 18.2 Å². The number of amides is 1. The van der Waals surface area contributed by atoms with Gasteiger partial charge in [-0.15, -0.1) is 0 Å². The highest BCUT2D eigenvalue weighted by Crippen LogP contribution is 2.34. The first kappa shape index (κ1) is 22.4. The molecular formula is C25H26N4O4S. The maximum Gasteiger partial charge on any atom is 0.255 e. The molecule has 1 unspecified atom stereocenters. The van der Waals surface area contributed by atoms with E-state index < -0.39 is 10.0 Å². The van der Waals surface area contributed by atoms with Crippen LogP contribution >= 0.6 is 0 Å². The average molecular weight is 479 g/mol. The fourth-order valence-corrected chi connectivity index (χ4v) is 4.99. The van der Waals surface area contributed by atoms with Crippen LogP contribution < -0.4 is 20.5 Å². The summed E-state index contributed by atoms with van der Waals surface area (Å²) in [4.78, 5) is 16.9. The number of nitrogens with zero attached hydrogens (tertiary/aromatic N) is 1. The van der Waals surface area contributed by atoms with Gasteiger partial charge in [-0.2, -0.15) is 0 Å². The van der Waals surface area contributed by atoms with Gasteiger partial charge in [0.2, 0.25) is 10.0 Å². The number of carbonyl (C=O) groups excluding carboxylic acids is 1. The van der Waals surface area contributed by atoms with E-state index in [1.807, 2.05) is 19.1 Å². The minimum Gasteiger partial charge on any atom is -0.491 e. The van der Waals surface area contributed by atoms with Crippen molar-refractivity contribution in [1.29, 1.82) is 0 Å². The number of sulfonamides is 1. The number of nitrogen functional groups attached to an aromatic ring is 1. The van der Waals surface area contributed by atoms with Crippen LogP contribution in [-0.4, -0.2) is 38.5 Å². The Hall–Kier alpha value is -3.43.